The topological polar surface area (TPSA) is 54.0 Å². The Balaban J connectivity index is 1.48. The summed E-state index contributed by atoms with van der Waals surface area (Å²) in [4.78, 5) is 17.2. The van der Waals surface area contributed by atoms with Crippen LogP contribution in [0.4, 0.5) is 4.39 Å². The van der Waals surface area contributed by atoms with Gasteiger partial charge in [0.1, 0.15) is 18.2 Å². The molecule has 0 saturated carbocycles. The summed E-state index contributed by atoms with van der Waals surface area (Å²) in [6.07, 6.45) is 0. The van der Waals surface area contributed by atoms with Gasteiger partial charge in [0.25, 0.3) is 0 Å². The second kappa shape index (κ2) is 12.4. The lowest BCUT2D eigenvalue weighted by atomic mass is 10.1. The van der Waals surface area contributed by atoms with Crippen LogP contribution in [0.3, 0.4) is 0 Å². The maximum atomic E-state index is 12.9. The third kappa shape index (κ3) is 8.28. The van der Waals surface area contributed by atoms with Crippen LogP contribution >= 0.6 is 0 Å². The molecule has 2 aromatic carbocycles. The molecule has 1 heterocycles. The standard InChI is InChI=1S/C24H32FN3O3/c1-20(17-27-12-15-30-16-13-27)28(18-21-5-3-2-4-6-21)19-24(29)26-11-14-31-23-9-7-22(25)8-10-23/h2-10,20H,11-19H2,1H3,(H,26,29). The molecule has 1 atom stereocenters. The Morgan fingerprint density at radius 2 is 1.87 bits per heavy atom. The number of amides is 1. The molecule has 3 rings (SSSR count). The molecule has 2 aromatic rings. The third-order valence-electron chi connectivity index (χ3n) is 5.33. The molecule has 1 amide bonds. The quantitative estimate of drug-likeness (QED) is 0.557. The van der Waals surface area contributed by atoms with E-state index in [1.165, 1.54) is 17.7 Å². The maximum Gasteiger partial charge on any atom is 0.234 e. The van der Waals surface area contributed by atoms with Crippen LogP contribution in [0.25, 0.3) is 0 Å². The molecule has 1 aliphatic rings. The highest BCUT2D eigenvalue weighted by atomic mass is 19.1. The highest BCUT2D eigenvalue weighted by Gasteiger charge is 2.21. The van der Waals surface area contributed by atoms with Gasteiger partial charge in [-0.2, -0.15) is 0 Å². The Bertz CT molecular complexity index is 782. The fraction of sp³-hybridized carbons (Fsp3) is 0.458. The number of halogens is 1. The fourth-order valence-electron chi connectivity index (χ4n) is 3.59. The first-order valence-electron chi connectivity index (χ1n) is 10.8. The van der Waals surface area contributed by atoms with Gasteiger partial charge in [-0.3, -0.25) is 14.6 Å². The molecule has 1 aliphatic heterocycles. The molecule has 7 heteroatoms. The molecule has 0 spiro atoms. The van der Waals surface area contributed by atoms with Crippen LogP contribution in [0.15, 0.2) is 54.6 Å². The van der Waals surface area contributed by atoms with Crippen LogP contribution in [-0.4, -0.2) is 74.3 Å². The van der Waals surface area contributed by atoms with Crippen molar-refractivity contribution in [2.24, 2.45) is 0 Å². The molecule has 31 heavy (non-hydrogen) atoms. The minimum Gasteiger partial charge on any atom is -0.492 e. The van der Waals surface area contributed by atoms with Crippen LogP contribution in [0.2, 0.25) is 0 Å². The fourth-order valence-corrected chi connectivity index (χ4v) is 3.59. The van der Waals surface area contributed by atoms with Gasteiger partial charge in [-0.05, 0) is 36.8 Å². The molecule has 1 N–H and O–H groups in total. The summed E-state index contributed by atoms with van der Waals surface area (Å²) in [5.74, 6) is 0.248. The number of nitrogens with zero attached hydrogens (tertiary/aromatic N) is 2. The van der Waals surface area contributed by atoms with E-state index in [9.17, 15) is 9.18 Å². The second-order valence-electron chi connectivity index (χ2n) is 7.80. The number of ether oxygens (including phenoxy) is 2. The highest BCUT2D eigenvalue weighted by Crippen LogP contribution is 2.12. The second-order valence-corrected chi connectivity index (χ2v) is 7.80. The van der Waals surface area contributed by atoms with Gasteiger partial charge in [0.05, 0.1) is 26.3 Å². The number of carbonyl (C=O) groups is 1. The minimum atomic E-state index is -0.301. The van der Waals surface area contributed by atoms with Crippen molar-refractivity contribution in [2.75, 3.05) is 52.5 Å². The van der Waals surface area contributed by atoms with E-state index in [0.717, 1.165) is 32.8 Å². The van der Waals surface area contributed by atoms with Crippen molar-refractivity contribution >= 4 is 5.91 Å². The van der Waals surface area contributed by atoms with Gasteiger partial charge in [0, 0.05) is 32.2 Å². The summed E-state index contributed by atoms with van der Waals surface area (Å²) in [6, 6.07) is 16.3. The van der Waals surface area contributed by atoms with Crippen LogP contribution < -0.4 is 10.1 Å². The third-order valence-corrected chi connectivity index (χ3v) is 5.33. The molecule has 1 unspecified atom stereocenters. The van der Waals surface area contributed by atoms with Gasteiger partial charge < -0.3 is 14.8 Å². The first kappa shape index (κ1) is 23.2. The largest absolute Gasteiger partial charge is 0.492 e. The van der Waals surface area contributed by atoms with Crippen molar-refractivity contribution in [3.8, 4) is 5.75 Å². The number of morpholine rings is 1. The van der Waals surface area contributed by atoms with Gasteiger partial charge in [0.2, 0.25) is 5.91 Å². The monoisotopic (exact) mass is 429 g/mol. The highest BCUT2D eigenvalue weighted by molar-refractivity contribution is 5.78. The predicted molar refractivity (Wildman–Crippen MR) is 118 cm³/mol. The Hall–Kier alpha value is -2.48. The zero-order chi connectivity index (χ0) is 21.9. The SMILES string of the molecule is CC(CN1CCOCC1)N(CC(=O)NCCOc1ccc(F)cc1)Cc1ccccc1. The molecular formula is C24H32FN3O3. The molecular weight excluding hydrogens is 397 g/mol. The van der Waals surface area contributed by atoms with Gasteiger partial charge in [-0.25, -0.2) is 4.39 Å². The van der Waals surface area contributed by atoms with E-state index in [-0.39, 0.29) is 17.8 Å². The number of carbonyl (C=O) groups excluding carboxylic acids is 1. The normalized spacial score (nSPS) is 15.6. The number of hydrogen-bond donors (Lipinski definition) is 1. The van der Waals surface area contributed by atoms with Crippen molar-refractivity contribution in [1.82, 2.24) is 15.1 Å². The van der Waals surface area contributed by atoms with Crippen molar-refractivity contribution < 1.29 is 18.7 Å². The lowest BCUT2D eigenvalue weighted by molar-refractivity contribution is -0.123. The van der Waals surface area contributed by atoms with Crippen LogP contribution in [0.1, 0.15) is 12.5 Å². The Morgan fingerprint density at radius 1 is 1.16 bits per heavy atom. The Kier molecular flexibility index (Phi) is 9.27. The van der Waals surface area contributed by atoms with Gasteiger partial charge >= 0.3 is 0 Å². The predicted octanol–water partition coefficient (Wildman–Crippen LogP) is 2.54. The van der Waals surface area contributed by atoms with E-state index >= 15 is 0 Å². The lowest BCUT2D eigenvalue weighted by Crippen LogP contribution is -2.48. The molecule has 0 aliphatic carbocycles. The molecule has 1 fully saturated rings. The molecule has 168 valence electrons. The van der Waals surface area contributed by atoms with Crippen molar-refractivity contribution in [3.05, 3.63) is 66.0 Å². The summed E-state index contributed by atoms with van der Waals surface area (Å²) in [5.41, 5.74) is 1.18. The van der Waals surface area contributed by atoms with Crippen LogP contribution in [0.5, 0.6) is 5.75 Å². The van der Waals surface area contributed by atoms with Crippen LogP contribution in [-0.2, 0) is 16.1 Å². The molecule has 1 saturated heterocycles. The van der Waals surface area contributed by atoms with Crippen molar-refractivity contribution in [3.63, 3.8) is 0 Å². The summed E-state index contributed by atoms with van der Waals surface area (Å²) in [7, 11) is 0. The van der Waals surface area contributed by atoms with Crippen molar-refractivity contribution in [1.29, 1.82) is 0 Å². The smallest absolute Gasteiger partial charge is 0.234 e. The maximum absolute atomic E-state index is 12.9. The van der Waals surface area contributed by atoms with E-state index < -0.39 is 0 Å². The average Bonchev–Trinajstić information content (AvgIpc) is 2.79. The molecule has 0 radical (unpaired) electrons. The van der Waals surface area contributed by atoms with Crippen LogP contribution in [0, 0.1) is 5.82 Å². The lowest BCUT2D eigenvalue weighted by Gasteiger charge is -2.34. The summed E-state index contributed by atoms with van der Waals surface area (Å²) in [5, 5.41) is 2.93. The molecule has 0 bridgehead atoms. The zero-order valence-corrected chi connectivity index (χ0v) is 18.1. The van der Waals surface area contributed by atoms with Crippen molar-refractivity contribution in [2.45, 2.75) is 19.5 Å². The van der Waals surface area contributed by atoms with E-state index in [1.807, 2.05) is 18.2 Å². The molecule has 6 nitrogen and oxygen atoms in total. The first-order chi connectivity index (χ1) is 15.1. The average molecular weight is 430 g/mol. The zero-order valence-electron chi connectivity index (χ0n) is 18.1. The van der Waals surface area contributed by atoms with Gasteiger partial charge in [-0.1, -0.05) is 30.3 Å². The summed E-state index contributed by atoms with van der Waals surface area (Å²) >= 11 is 0. The number of nitrogens with one attached hydrogen (secondary N) is 1. The number of benzene rings is 2. The first-order valence-corrected chi connectivity index (χ1v) is 10.8. The Morgan fingerprint density at radius 3 is 2.58 bits per heavy atom. The van der Waals surface area contributed by atoms with E-state index in [2.05, 4.69) is 34.2 Å². The summed E-state index contributed by atoms with van der Waals surface area (Å²) < 4.78 is 23.9. The molecule has 0 aromatic heterocycles. The summed E-state index contributed by atoms with van der Waals surface area (Å²) in [6.45, 7) is 8.21. The number of rotatable bonds is 11. The van der Waals surface area contributed by atoms with Gasteiger partial charge in [-0.15, -0.1) is 0 Å². The van der Waals surface area contributed by atoms with E-state index in [0.29, 0.717) is 32.0 Å². The minimum absolute atomic E-state index is 0.0348. The van der Waals surface area contributed by atoms with E-state index in [1.54, 1.807) is 12.1 Å². The van der Waals surface area contributed by atoms with E-state index in [4.69, 9.17) is 9.47 Å². The Labute approximate surface area is 183 Å². The van der Waals surface area contributed by atoms with Gasteiger partial charge in [0.15, 0.2) is 0 Å². The number of hydrogen-bond acceptors (Lipinski definition) is 5.